The van der Waals surface area contributed by atoms with Gasteiger partial charge in [-0.15, -0.1) is 5.10 Å². The Labute approximate surface area is 480 Å². The highest BCUT2D eigenvalue weighted by Crippen LogP contribution is 2.40. The SMILES string of the molecule is CCCCCCCCCCCCOc1cc(Cn2cc(COCCOCCOCCOCCN3CCN(Cc4cccc(C=O)n4)CC3)nn2)cc(OCCCCCCCCCCCC)c1OCCCCCCCCCCCC. The number of hydrogen-bond acceptors (Lipinski definition) is 13. The van der Waals surface area contributed by atoms with Crippen LogP contribution in [-0.2, 0) is 38.6 Å². The van der Waals surface area contributed by atoms with Crippen LogP contribution in [0.2, 0.25) is 0 Å². The van der Waals surface area contributed by atoms with E-state index in [0.717, 1.165) is 99.0 Å². The first-order chi connectivity index (χ1) is 39.1. The number of carbonyl (C=O) groups excluding carboxylic acids is 1. The molecule has 14 heteroatoms. The molecule has 14 nitrogen and oxygen atoms in total. The Bertz CT molecular complexity index is 1830. The monoisotopic (exact) mass is 1100 g/mol. The van der Waals surface area contributed by atoms with Gasteiger partial charge in [-0.05, 0) is 49.1 Å². The summed E-state index contributed by atoms with van der Waals surface area (Å²) in [4.78, 5) is 20.3. The van der Waals surface area contributed by atoms with Crippen molar-refractivity contribution in [3.63, 3.8) is 0 Å². The van der Waals surface area contributed by atoms with Gasteiger partial charge in [-0.3, -0.25) is 14.6 Å². The number of nitrogens with zero attached hydrogens (tertiary/aromatic N) is 6. The summed E-state index contributed by atoms with van der Waals surface area (Å²) in [5.74, 6) is 2.29. The summed E-state index contributed by atoms with van der Waals surface area (Å²) in [6.45, 7) is 19.0. The van der Waals surface area contributed by atoms with Crippen LogP contribution in [0.5, 0.6) is 17.2 Å². The summed E-state index contributed by atoms with van der Waals surface area (Å²) in [5.41, 5.74) is 3.24. The van der Waals surface area contributed by atoms with Gasteiger partial charge in [0.2, 0.25) is 5.75 Å². The van der Waals surface area contributed by atoms with Crippen LogP contribution in [0.3, 0.4) is 0 Å². The molecular formula is C65H112N6O8. The van der Waals surface area contributed by atoms with Gasteiger partial charge < -0.3 is 33.2 Å². The maximum atomic E-state index is 11.1. The predicted octanol–water partition coefficient (Wildman–Crippen LogP) is 14.8. The second-order valence-electron chi connectivity index (χ2n) is 22.1. The van der Waals surface area contributed by atoms with Crippen LogP contribution < -0.4 is 14.2 Å². The molecule has 3 heterocycles. The van der Waals surface area contributed by atoms with E-state index in [1.165, 1.54) is 173 Å². The van der Waals surface area contributed by atoms with Gasteiger partial charge in [0.05, 0.1) is 91.1 Å². The van der Waals surface area contributed by atoms with E-state index >= 15 is 0 Å². The number of unbranched alkanes of at least 4 members (excludes halogenated alkanes) is 27. The Morgan fingerprint density at radius 1 is 0.456 bits per heavy atom. The lowest BCUT2D eigenvalue weighted by Crippen LogP contribution is -2.46. The van der Waals surface area contributed by atoms with E-state index in [4.69, 9.17) is 33.2 Å². The molecule has 1 aliphatic heterocycles. The van der Waals surface area contributed by atoms with Gasteiger partial charge in [-0.1, -0.05) is 205 Å². The maximum Gasteiger partial charge on any atom is 0.203 e. The zero-order valence-electron chi connectivity index (χ0n) is 50.4. The molecule has 0 atom stereocenters. The molecule has 0 aliphatic carbocycles. The summed E-state index contributed by atoms with van der Waals surface area (Å²) in [6, 6.07) is 9.88. The van der Waals surface area contributed by atoms with Crippen LogP contribution in [-0.4, -0.2) is 135 Å². The van der Waals surface area contributed by atoms with Gasteiger partial charge in [-0.2, -0.15) is 0 Å². The quantitative estimate of drug-likeness (QED) is 0.0393. The minimum atomic E-state index is 0.355. The largest absolute Gasteiger partial charge is 0.490 e. The average Bonchev–Trinajstić information content (AvgIpc) is 3.92. The van der Waals surface area contributed by atoms with E-state index in [1.807, 2.05) is 23.0 Å². The molecule has 0 N–H and O–H groups in total. The van der Waals surface area contributed by atoms with Gasteiger partial charge in [0.1, 0.15) is 11.4 Å². The summed E-state index contributed by atoms with van der Waals surface area (Å²) in [7, 11) is 0. The summed E-state index contributed by atoms with van der Waals surface area (Å²) >= 11 is 0. The van der Waals surface area contributed by atoms with Gasteiger partial charge in [0, 0.05) is 39.3 Å². The molecule has 2 aromatic heterocycles. The number of piperazine rings is 1. The van der Waals surface area contributed by atoms with Gasteiger partial charge in [-0.25, -0.2) is 9.67 Å². The molecule has 0 radical (unpaired) electrons. The Balaban J connectivity index is 1.18. The highest BCUT2D eigenvalue weighted by molar-refractivity contribution is 5.71. The second-order valence-corrected chi connectivity index (χ2v) is 22.1. The number of hydrogen-bond donors (Lipinski definition) is 0. The third-order valence-electron chi connectivity index (χ3n) is 15.0. The normalized spacial score (nSPS) is 13.2. The molecule has 1 aliphatic rings. The van der Waals surface area contributed by atoms with Crippen LogP contribution in [0.15, 0.2) is 36.5 Å². The molecule has 1 aromatic carbocycles. The second kappa shape index (κ2) is 47.9. The van der Waals surface area contributed by atoms with Crippen molar-refractivity contribution in [1.82, 2.24) is 29.8 Å². The van der Waals surface area contributed by atoms with E-state index in [-0.39, 0.29) is 0 Å². The Morgan fingerprint density at radius 2 is 0.886 bits per heavy atom. The number of ether oxygens (including phenoxy) is 7. The maximum absolute atomic E-state index is 11.1. The van der Waals surface area contributed by atoms with E-state index in [1.54, 1.807) is 6.07 Å². The molecule has 79 heavy (non-hydrogen) atoms. The summed E-state index contributed by atoms with van der Waals surface area (Å²) in [5, 5.41) is 8.92. The third-order valence-corrected chi connectivity index (χ3v) is 15.0. The fourth-order valence-corrected chi connectivity index (χ4v) is 10.1. The molecule has 3 aromatic rings. The Hall–Kier alpha value is -3.66. The fraction of sp³-hybridized carbons (Fsp3) is 0.785. The van der Waals surface area contributed by atoms with Gasteiger partial charge in [0.15, 0.2) is 17.8 Å². The molecule has 0 unspecified atom stereocenters. The standard InChI is InChI=1S/C65H112N6O8/c1-4-7-10-13-16-19-22-25-28-31-42-77-63-52-59(53-64(78-43-32-29-26-23-20-17-14-11-8-5-2)65(63)79-44-33-30-27-24-21-18-15-12-9-6-3)54-71-56-62(67-68-71)58-76-51-50-75-49-48-74-47-46-73-45-41-69-37-39-70(40-38-69)55-60-35-34-36-61(57-72)66-60/h34-36,52-53,56-57H,4-33,37-51,54-55,58H2,1-3H3. The highest BCUT2D eigenvalue weighted by Gasteiger charge is 2.19. The van der Waals surface area contributed by atoms with Crippen molar-refractivity contribution in [3.8, 4) is 17.2 Å². The average molecular weight is 1110 g/mol. The number of rotatable bonds is 55. The van der Waals surface area contributed by atoms with Gasteiger partial charge >= 0.3 is 0 Å². The van der Waals surface area contributed by atoms with E-state index in [0.29, 0.717) is 84.9 Å². The van der Waals surface area contributed by atoms with E-state index < -0.39 is 0 Å². The number of aromatic nitrogens is 4. The lowest BCUT2D eigenvalue weighted by atomic mass is 10.1. The van der Waals surface area contributed by atoms with Crippen LogP contribution in [0, 0.1) is 0 Å². The van der Waals surface area contributed by atoms with Crippen molar-refractivity contribution in [2.24, 2.45) is 0 Å². The first kappa shape index (κ1) is 67.8. The summed E-state index contributed by atoms with van der Waals surface area (Å²) < 4.78 is 45.1. The minimum Gasteiger partial charge on any atom is -0.490 e. The fourth-order valence-electron chi connectivity index (χ4n) is 10.1. The molecule has 0 amide bonds. The van der Waals surface area contributed by atoms with Crippen molar-refractivity contribution >= 4 is 6.29 Å². The van der Waals surface area contributed by atoms with Crippen molar-refractivity contribution in [3.05, 3.63) is 59.2 Å². The molecule has 1 saturated heterocycles. The van der Waals surface area contributed by atoms with Crippen LogP contribution in [0.4, 0.5) is 0 Å². The highest BCUT2D eigenvalue weighted by atomic mass is 16.6. The molecule has 450 valence electrons. The Kier molecular flexibility index (Phi) is 41.2. The van der Waals surface area contributed by atoms with Crippen molar-refractivity contribution < 1.29 is 38.0 Å². The van der Waals surface area contributed by atoms with Crippen molar-refractivity contribution in [1.29, 1.82) is 0 Å². The molecular weight excluding hydrogens is 993 g/mol. The topological polar surface area (TPSA) is 132 Å². The van der Waals surface area contributed by atoms with Crippen LogP contribution in [0.25, 0.3) is 0 Å². The zero-order chi connectivity index (χ0) is 55.7. The molecule has 1 fully saturated rings. The first-order valence-corrected chi connectivity index (χ1v) is 32.2. The lowest BCUT2D eigenvalue weighted by Gasteiger charge is -2.34. The van der Waals surface area contributed by atoms with Crippen molar-refractivity contribution in [2.45, 2.75) is 233 Å². The van der Waals surface area contributed by atoms with E-state index in [9.17, 15) is 4.79 Å². The molecule has 0 saturated carbocycles. The Morgan fingerprint density at radius 3 is 1.37 bits per heavy atom. The zero-order valence-corrected chi connectivity index (χ0v) is 50.4. The number of carbonyl (C=O) groups is 1. The van der Waals surface area contributed by atoms with E-state index in [2.05, 4.69) is 58.0 Å². The van der Waals surface area contributed by atoms with Crippen molar-refractivity contribution in [2.75, 3.05) is 98.8 Å². The number of benzene rings is 1. The summed E-state index contributed by atoms with van der Waals surface area (Å²) in [6.07, 6.45) is 41.4. The van der Waals surface area contributed by atoms with Crippen LogP contribution >= 0.6 is 0 Å². The van der Waals surface area contributed by atoms with Gasteiger partial charge in [0.25, 0.3) is 0 Å². The predicted molar refractivity (Wildman–Crippen MR) is 321 cm³/mol. The smallest absolute Gasteiger partial charge is 0.203 e. The molecule has 0 spiro atoms. The first-order valence-electron chi connectivity index (χ1n) is 32.2. The molecule has 0 bridgehead atoms. The lowest BCUT2D eigenvalue weighted by molar-refractivity contribution is -0.00747. The third kappa shape index (κ3) is 34.4. The molecule has 4 rings (SSSR count). The minimum absolute atomic E-state index is 0.355. The number of pyridine rings is 1. The number of aldehydes is 1. The van der Waals surface area contributed by atoms with Crippen LogP contribution in [0.1, 0.15) is 241 Å².